The molecule has 0 amide bonds. The molecular weight excluding hydrogens is 268 g/mol. The molecule has 2 aromatic rings. The number of anilines is 1. The first kappa shape index (κ1) is 13.8. The van der Waals surface area contributed by atoms with E-state index in [0.29, 0.717) is 0 Å². The molecule has 0 unspecified atom stereocenters. The Kier molecular flexibility index (Phi) is 3.84. The lowest BCUT2D eigenvalue weighted by molar-refractivity contribution is 0.0600. The monoisotopic (exact) mass is 279 g/mol. The molecular formula is C14H11F2NO3. The molecule has 0 aromatic heterocycles. The van der Waals surface area contributed by atoms with E-state index in [9.17, 15) is 13.6 Å². The van der Waals surface area contributed by atoms with E-state index in [1.165, 1.54) is 25.3 Å². The third kappa shape index (κ3) is 2.85. The van der Waals surface area contributed by atoms with Gasteiger partial charge in [0.25, 0.3) is 0 Å². The molecule has 20 heavy (non-hydrogen) atoms. The molecule has 2 N–H and O–H groups in total. The van der Waals surface area contributed by atoms with Crippen LogP contribution in [0.1, 0.15) is 10.4 Å². The maximum atomic E-state index is 13.5. The third-order valence-corrected chi connectivity index (χ3v) is 2.55. The summed E-state index contributed by atoms with van der Waals surface area (Å²) in [5.74, 6) is -2.26. The molecule has 2 rings (SSSR count). The number of nitrogen functional groups attached to an aromatic ring is 1. The van der Waals surface area contributed by atoms with Gasteiger partial charge < -0.3 is 15.2 Å². The van der Waals surface area contributed by atoms with Gasteiger partial charge in [-0.25, -0.2) is 13.6 Å². The fraction of sp³-hybridized carbons (Fsp3) is 0.0714. The highest BCUT2D eigenvalue weighted by Gasteiger charge is 2.12. The summed E-state index contributed by atoms with van der Waals surface area (Å²) in [6, 6.07) is 6.95. The number of ether oxygens (including phenoxy) is 2. The molecule has 0 aliphatic carbocycles. The number of hydrogen-bond donors (Lipinski definition) is 1. The minimum atomic E-state index is -0.741. The Morgan fingerprint density at radius 1 is 1.10 bits per heavy atom. The summed E-state index contributed by atoms with van der Waals surface area (Å²) < 4.78 is 36.3. The van der Waals surface area contributed by atoms with Crippen LogP contribution in [0.4, 0.5) is 14.5 Å². The summed E-state index contributed by atoms with van der Waals surface area (Å²) in [4.78, 5) is 11.4. The van der Waals surface area contributed by atoms with Crippen molar-refractivity contribution >= 4 is 11.7 Å². The van der Waals surface area contributed by atoms with Crippen LogP contribution in [-0.2, 0) is 4.74 Å². The number of carbonyl (C=O) groups is 1. The number of hydrogen-bond acceptors (Lipinski definition) is 4. The van der Waals surface area contributed by atoms with Crippen molar-refractivity contribution < 1.29 is 23.0 Å². The van der Waals surface area contributed by atoms with Gasteiger partial charge in [0.1, 0.15) is 5.82 Å². The van der Waals surface area contributed by atoms with Gasteiger partial charge in [0.2, 0.25) is 0 Å². The van der Waals surface area contributed by atoms with Crippen molar-refractivity contribution in [1.29, 1.82) is 0 Å². The van der Waals surface area contributed by atoms with Crippen molar-refractivity contribution in [1.82, 2.24) is 0 Å². The number of rotatable bonds is 3. The Balaban J connectivity index is 2.37. The predicted octanol–water partition coefficient (Wildman–Crippen LogP) is 3.13. The summed E-state index contributed by atoms with van der Waals surface area (Å²) in [7, 11) is 1.23. The molecule has 0 aliphatic rings. The molecule has 0 aliphatic heterocycles. The average molecular weight is 279 g/mol. The van der Waals surface area contributed by atoms with Crippen molar-refractivity contribution in [2.45, 2.75) is 0 Å². The standard InChI is InChI=1S/C14H11F2NO3/c1-19-14(18)8-2-5-11(17)13(6-8)20-12-7-9(15)3-4-10(12)16/h2-7H,17H2,1H3. The molecule has 0 bridgehead atoms. The second-order valence-corrected chi connectivity index (χ2v) is 3.92. The maximum absolute atomic E-state index is 13.5. The van der Waals surface area contributed by atoms with E-state index in [1.54, 1.807) is 0 Å². The Labute approximate surface area is 113 Å². The molecule has 0 atom stereocenters. The van der Waals surface area contributed by atoms with E-state index >= 15 is 0 Å². The van der Waals surface area contributed by atoms with Crippen LogP contribution in [0.15, 0.2) is 36.4 Å². The second-order valence-electron chi connectivity index (χ2n) is 3.92. The highest BCUT2D eigenvalue weighted by Crippen LogP contribution is 2.30. The minimum Gasteiger partial charge on any atom is -0.465 e. The van der Waals surface area contributed by atoms with Gasteiger partial charge in [-0.2, -0.15) is 0 Å². The highest BCUT2D eigenvalue weighted by atomic mass is 19.1. The second kappa shape index (κ2) is 5.56. The topological polar surface area (TPSA) is 61.5 Å². The zero-order valence-corrected chi connectivity index (χ0v) is 10.5. The van der Waals surface area contributed by atoms with Crippen LogP contribution in [0, 0.1) is 11.6 Å². The van der Waals surface area contributed by atoms with E-state index in [2.05, 4.69) is 4.74 Å². The molecule has 6 heteroatoms. The fourth-order valence-electron chi connectivity index (χ4n) is 1.54. The Morgan fingerprint density at radius 2 is 1.85 bits per heavy atom. The summed E-state index contributed by atoms with van der Waals surface area (Å²) >= 11 is 0. The molecule has 0 radical (unpaired) electrons. The molecule has 0 saturated carbocycles. The van der Waals surface area contributed by atoms with Crippen molar-refractivity contribution in [2.75, 3.05) is 12.8 Å². The Hall–Kier alpha value is -2.63. The number of carbonyl (C=O) groups excluding carboxylic acids is 1. The Bertz CT molecular complexity index is 659. The van der Waals surface area contributed by atoms with E-state index in [-0.39, 0.29) is 22.7 Å². The quantitative estimate of drug-likeness (QED) is 0.692. The first-order chi connectivity index (χ1) is 9.51. The van der Waals surface area contributed by atoms with Gasteiger partial charge in [0, 0.05) is 6.07 Å². The van der Waals surface area contributed by atoms with Gasteiger partial charge in [-0.3, -0.25) is 0 Å². The number of nitrogens with two attached hydrogens (primary N) is 1. The normalized spacial score (nSPS) is 10.2. The van der Waals surface area contributed by atoms with Crippen LogP contribution in [0.25, 0.3) is 0 Å². The van der Waals surface area contributed by atoms with Crippen LogP contribution in [0.2, 0.25) is 0 Å². The van der Waals surface area contributed by atoms with E-state index in [1.807, 2.05) is 0 Å². The smallest absolute Gasteiger partial charge is 0.337 e. The highest BCUT2D eigenvalue weighted by molar-refractivity contribution is 5.90. The summed E-state index contributed by atoms with van der Waals surface area (Å²) in [6.45, 7) is 0. The average Bonchev–Trinajstić information content (AvgIpc) is 2.44. The number of esters is 1. The molecule has 0 heterocycles. The molecule has 0 spiro atoms. The van der Waals surface area contributed by atoms with Crippen LogP contribution in [0.5, 0.6) is 11.5 Å². The largest absolute Gasteiger partial charge is 0.465 e. The molecule has 4 nitrogen and oxygen atoms in total. The maximum Gasteiger partial charge on any atom is 0.337 e. The van der Waals surface area contributed by atoms with Crippen LogP contribution >= 0.6 is 0 Å². The predicted molar refractivity (Wildman–Crippen MR) is 68.6 cm³/mol. The van der Waals surface area contributed by atoms with Crippen molar-refractivity contribution in [2.24, 2.45) is 0 Å². The lowest BCUT2D eigenvalue weighted by Crippen LogP contribution is -2.03. The van der Waals surface area contributed by atoms with E-state index < -0.39 is 17.6 Å². The van der Waals surface area contributed by atoms with Gasteiger partial charge in [-0.1, -0.05) is 0 Å². The molecule has 0 fully saturated rings. The van der Waals surface area contributed by atoms with Crippen LogP contribution < -0.4 is 10.5 Å². The van der Waals surface area contributed by atoms with Gasteiger partial charge in [-0.15, -0.1) is 0 Å². The molecule has 2 aromatic carbocycles. The number of benzene rings is 2. The van der Waals surface area contributed by atoms with Gasteiger partial charge in [0.15, 0.2) is 17.3 Å². The minimum absolute atomic E-state index is 0.0393. The van der Waals surface area contributed by atoms with Crippen molar-refractivity contribution in [3.63, 3.8) is 0 Å². The van der Waals surface area contributed by atoms with Crippen molar-refractivity contribution in [3.05, 3.63) is 53.6 Å². The lowest BCUT2D eigenvalue weighted by atomic mass is 10.2. The van der Waals surface area contributed by atoms with E-state index in [4.69, 9.17) is 10.5 Å². The van der Waals surface area contributed by atoms with Gasteiger partial charge >= 0.3 is 5.97 Å². The van der Waals surface area contributed by atoms with Gasteiger partial charge in [-0.05, 0) is 30.3 Å². The van der Waals surface area contributed by atoms with Crippen molar-refractivity contribution in [3.8, 4) is 11.5 Å². The summed E-state index contributed by atoms with van der Waals surface area (Å²) in [6.07, 6.45) is 0. The van der Waals surface area contributed by atoms with Gasteiger partial charge in [0.05, 0.1) is 18.4 Å². The van der Waals surface area contributed by atoms with Crippen LogP contribution in [0.3, 0.4) is 0 Å². The molecule has 0 saturated heterocycles. The zero-order valence-electron chi connectivity index (χ0n) is 10.5. The third-order valence-electron chi connectivity index (χ3n) is 2.55. The first-order valence-corrected chi connectivity index (χ1v) is 5.62. The first-order valence-electron chi connectivity index (χ1n) is 5.62. The molecule has 104 valence electrons. The number of halogens is 2. The fourth-order valence-corrected chi connectivity index (χ4v) is 1.54. The summed E-state index contributed by atoms with van der Waals surface area (Å²) in [5.41, 5.74) is 6.04. The van der Waals surface area contributed by atoms with Crippen LogP contribution in [-0.4, -0.2) is 13.1 Å². The lowest BCUT2D eigenvalue weighted by Gasteiger charge is -2.10. The SMILES string of the molecule is COC(=O)c1ccc(N)c(Oc2cc(F)ccc2F)c1. The Morgan fingerprint density at radius 3 is 2.55 bits per heavy atom. The summed E-state index contributed by atoms with van der Waals surface area (Å²) in [5, 5.41) is 0. The van der Waals surface area contributed by atoms with E-state index in [0.717, 1.165) is 18.2 Å². The zero-order chi connectivity index (χ0) is 14.7. The number of methoxy groups -OCH3 is 1.